The van der Waals surface area contributed by atoms with Crippen LogP contribution in [0.2, 0.25) is 0 Å². The fourth-order valence-corrected chi connectivity index (χ4v) is 2.08. The zero-order valence-corrected chi connectivity index (χ0v) is 12.3. The van der Waals surface area contributed by atoms with Gasteiger partial charge in [0, 0.05) is 12.6 Å². The summed E-state index contributed by atoms with van der Waals surface area (Å²) in [5.41, 5.74) is 1.48. The lowest BCUT2D eigenvalue weighted by atomic mass is 10.1. The van der Waals surface area contributed by atoms with Crippen molar-refractivity contribution in [3.63, 3.8) is 0 Å². The number of nitrogens with zero attached hydrogens (tertiary/aromatic N) is 1. The molecular weight excluding hydrogens is 269 g/mol. The lowest BCUT2D eigenvalue weighted by Gasteiger charge is -2.25. The van der Waals surface area contributed by atoms with E-state index in [9.17, 15) is 9.18 Å². The molecule has 2 rings (SSSR count). The van der Waals surface area contributed by atoms with Gasteiger partial charge in [-0.15, -0.1) is 0 Å². The highest BCUT2D eigenvalue weighted by atomic mass is 19.1. The van der Waals surface area contributed by atoms with Gasteiger partial charge in [-0.3, -0.25) is 4.79 Å². The van der Waals surface area contributed by atoms with E-state index in [2.05, 4.69) is 0 Å². The molecule has 0 aliphatic rings. The van der Waals surface area contributed by atoms with Crippen LogP contribution in [0.3, 0.4) is 0 Å². The molecule has 2 aromatic rings. The Hall–Kier alpha value is -2.36. The molecular formula is C17H18FNO2. The Morgan fingerprint density at radius 1 is 1.10 bits per heavy atom. The highest BCUT2D eigenvalue weighted by molar-refractivity contribution is 5.94. The number of benzene rings is 2. The Balaban J connectivity index is 2.15. The van der Waals surface area contributed by atoms with E-state index in [-0.39, 0.29) is 17.8 Å². The van der Waals surface area contributed by atoms with Crippen molar-refractivity contribution in [3.05, 3.63) is 65.5 Å². The van der Waals surface area contributed by atoms with Gasteiger partial charge < -0.3 is 9.64 Å². The van der Waals surface area contributed by atoms with E-state index < -0.39 is 0 Å². The molecule has 0 spiro atoms. The molecule has 0 bridgehead atoms. The minimum atomic E-state index is -0.282. The molecule has 21 heavy (non-hydrogen) atoms. The number of rotatable bonds is 4. The van der Waals surface area contributed by atoms with Crippen molar-refractivity contribution in [3.8, 4) is 5.75 Å². The van der Waals surface area contributed by atoms with Crippen LogP contribution in [0.25, 0.3) is 0 Å². The first-order valence-electron chi connectivity index (χ1n) is 6.69. The average Bonchev–Trinajstić information content (AvgIpc) is 2.53. The van der Waals surface area contributed by atoms with Crippen molar-refractivity contribution in [2.45, 2.75) is 13.0 Å². The van der Waals surface area contributed by atoms with Crippen LogP contribution in [0.4, 0.5) is 4.39 Å². The third-order valence-corrected chi connectivity index (χ3v) is 3.59. The van der Waals surface area contributed by atoms with Crippen molar-refractivity contribution < 1.29 is 13.9 Å². The molecule has 1 atom stereocenters. The van der Waals surface area contributed by atoms with Gasteiger partial charge in [-0.25, -0.2) is 4.39 Å². The molecule has 0 aliphatic heterocycles. The van der Waals surface area contributed by atoms with Crippen molar-refractivity contribution in [1.29, 1.82) is 0 Å². The number of halogens is 1. The topological polar surface area (TPSA) is 29.5 Å². The molecule has 0 heterocycles. The molecule has 3 nitrogen and oxygen atoms in total. The smallest absolute Gasteiger partial charge is 0.254 e. The van der Waals surface area contributed by atoms with Gasteiger partial charge in [0.05, 0.1) is 13.2 Å². The number of hydrogen-bond donors (Lipinski definition) is 0. The number of carbonyl (C=O) groups is 1. The van der Waals surface area contributed by atoms with Crippen LogP contribution in [0.1, 0.15) is 28.9 Å². The maximum absolute atomic E-state index is 13.0. The molecule has 0 radical (unpaired) electrons. The summed E-state index contributed by atoms with van der Waals surface area (Å²) in [5.74, 6) is 0.338. The molecule has 0 fully saturated rings. The standard InChI is InChI=1S/C17H18FNO2/c1-12(13-4-8-15(18)9-5-13)19(2)17(20)14-6-10-16(21-3)11-7-14/h4-12H,1-3H3. The van der Waals surface area contributed by atoms with E-state index in [1.807, 2.05) is 6.92 Å². The fraction of sp³-hybridized carbons (Fsp3) is 0.235. The Morgan fingerprint density at radius 2 is 1.67 bits per heavy atom. The highest BCUT2D eigenvalue weighted by Crippen LogP contribution is 2.21. The van der Waals surface area contributed by atoms with Crippen LogP contribution in [0.5, 0.6) is 5.75 Å². The first-order chi connectivity index (χ1) is 10.0. The Labute approximate surface area is 124 Å². The zero-order chi connectivity index (χ0) is 15.4. The van der Waals surface area contributed by atoms with Crippen LogP contribution in [-0.2, 0) is 0 Å². The molecule has 0 saturated carbocycles. The normalized spacial score (nSPS) is 11.8. The molecule has 1 amide bonds. The van der Waals surface area contributed by atoms with E-state index in [1.54, 1.807) is 55.5 Å². The molecule has 0 N–H and O–H groups in total. The fourth-order valence-electron chi connectivity index (χ4n) is 2.08. The highest BCUT2D eigenvalue weighted by Gasteiger charge is 2.18. The largest absolute Gasteiger partial charge is 0.497 e. The van der Waals surface area contributed by atoms with Crippen molar-refractivity contribution in [1.82, 2.24) is 4.90 Å². The predicted molar refractivity (Wildman–Crippen MR) is 79.9 cm³/mol. The van der Waals surface area contributed by atoms with Gasteiger partial charge >= 0.3 is 0 Å². The van der Waals surface area contributed by atoms with E-state index in [0.717, 1.165) is 5.56 Å². The lowest BCUT2D eigenvalue weighted by Crippen LogP contribution is -2.29. The monoisotopic (exact) mass is 287 g/mol. The second-order valence-electron chi connectivity index (χ2n) is 4.87. The second kappa shape index (κ2) is 6.39. The predicted octanol–water partition coefficient (Wildman–Crippen LogP) is 3.67. The van der Waals surface area contributed by atoms with Crippen LogP contribution in [-0.4, -0.2) is 25.0 Å². The van der Waals surface area contributed by atoms with Crippen LogP contribution < -0.4 is 4.74 Å². The molecule has 110 valence electrons. The summed E-state index contributed by atoms with van der Waals surface area (Å²) in [4.78, 5) is 14.1. The second-order valence-corrected chi connectivity index (χ2v) is 4.87. The SMILES string of the molecule is COc1ccc(C(=O)N(C)C(C)c2ccc(F)cc2)cc1. The summed E-state index contributed by atoms with van der Waals surface area (Å²) < 4.78 is 18.0. The van der Waals surface area contributed by atoms with Gasteiger partial charge in [0.1, 0.15) is 11.6 Å². The maximum Gasteiger partial charge on any atom is 0.254 e. The van der Waals surface area contributed by atoms with Crippen molar-refractivity contribution in [2.24, 2.45) is 0 Å². The van der Waals surface area contributed by atoms with E-state index in [1.165, 1.54) is 12.1 Å². The van der Waals surface area contributed by atoms with Gasteiger partial charge in [0.2, 0.25) is 0 Å². The summed E-state index contributed by atoms with van der Waals surface area (Å²) in [6.07, 6.45) is 0. The summed E-state index contributed by atoms with van der Waals surface area (Å²) in [6, 6.07) is 13.0. The molecule has 4 heteroatoms. The summed E-state index contributed by atoms with van der Waals surface area (Å²) in [7, 11) is 3.32. The molecule has 0 aliphatic carbocycles. The van der Waals surface area contributed by atoms with Gasteiger partial charge in [0.15, 0.2) is 0 Å². The average molecular weight is 287 g/mol. The first-order valence-corrected chi connectivity index (χ1v) is 6.69. The Morgan fingerprint density at radius 3 is 2.19 bits per heavy atom. The van der Waals surface area contributed by atoms with Gasteiger partial charge in [0.25, 0.3) is 5.91 Å². The summed E-state index contributed by atoms with van der Waals surface area (Å²) >= 11 is 0. The maximum atomic E-state index is 13.0. The summed E-state index contributed by atoms with van der Waals surface area (Å²) in [6.45, 7) is 1.91. The first kappa shape index (κ1) is 15.0. The Bertz CT molecular complexity index is 608. The van der Waals surface area contributed by atoms with Crippen molar-refractivity contribution >= 4 is 5.91 Å². The van der Waals surface area contributed by atoms with E-state index in [0.29, 0.717) is 11.3 Å². The Kier molecular flexibility index (Phi) is 4.58. The third-order valence-electron chi connectivity index (χ3n) is 3.59. The van der Waals surface area contributed by atoms with Gasteiger partial charge in [-0.05, 0) is 48.9 Å². The van der Waals surface area contributed by atoms with Crippen LogP contribution >= 0.6 is 0 Å². The zero-order valence-electron chi connectivity index (χ0n) is 12.3. The number of carbonyl (C=O) groups excluding carboxylic acids is 1. The summed E-state index contributed by atoms with van der Waals surface area (Å²) in [5, 5.41) is 0. The quantitative estimate of drug-likeness (QED) is 0.858. The van der Waals surface area contributed by atoms with Crippen molar-refractivity contribution in [2.75, 3.05) is 14.2 Å². The van der Waals surface area contributed by atoms with Gasteiger partial charge in [-0.1, -0.05) is 12.1 Å². The number of methoxy groups -OCH3 is 1. The molecule has 0 aromatic heterocycles. The molecule has 2 aromatic carbocycles. The lowest BCUT2D eigenvalue weighted by molar-refractivity contribution is 0.0742. The minimum Gasteiger partial charge on any atom is -0.497 e. The van der Waals surface area contributed by atoms with E-state index in [4.69, 9.17) is 4.74 Å². The molecule has 1 unspecified atom stereocenters. The van der Waals surface area contributed by atoms with Gasteiger partial charge in [-0.2, -0.15) is 0 Å². The van der Waals surface area contributed by atoms with E-state index >= 15 is 0 Å². The number of hydrogen-bond acceptors (Lipinski definition) is 2. The van der Waals surface area contributed by atoms with Crippen LogP contribution in [0.15, 0.2) is 48.5 Å². The third kappa shape index (κ3) is 3.40. The minimum absolute atomic E-state index is 0.0884. The van der Waals surface area contributed by atoms with Crippen LogP contribution in [0, 0.1) is 5.82 Å². The molecule has 0 saturated heterocycles. The number of amides is 1. The number of ether oxygens (including phenoxy) is 1.